The number of carbonyl (C=O) groups excluding carboxylic acids is 1. The average Bonchev–Trinajstić information content (AvgIpc) is 3.11. The van der Waals surface area contributed by atoms with Gasteiger partial charge in [-0.1, -0.05) is 30.3 Å². The molecule has 1 aliphatic rings. The monoisotopic (exact) mass is 468 g/mol. The summed E-state index contributed by atoms with van der Waals surface area (Å²) in [5.74, 6) is -0.489. The third-order valence-electron chi connectivity index (χ3n) is 5.95. The van der Waals surface area contributed by atoms with Crippen LogP contribution in [0.3, 0.4) is 0 Å². The number of aromatic nitrogens is 2. The smallest absolute Gasteiger partial charge is 0.378 e. The summed E-state index contributed by atoms with van der Waals surface area (Å²) >= 11 is 0. The van der Waals surface area contributed by atoms with Crippen molar-refractivity contribution < 1.29 is 22.7 Å². The van der Waals surface area contributed by atoms with Crippen molar-refractivity contribution in [2.24, 2.45) is 0 Å². The molecule has 1 amide bonds. The molecule has 0 bridgehead atoms. The first-order valence-electron chi connectivity index (χ1n) is 10.8. The van der Waals surface area contributed by atoms with Gasteiger partial charge in [-0.25, -0.2) is 4.98 Å². The number of nitriles is 1. The molecule has 0 atom stereocenters. The number of carbonyl (C=O) groups is 1. The normalized spacial score (nSPS) is 14.2. The fraction of sp³-hybridized carbons (Fsp3) is 0.320. The number of ether oxygens (including phenoxy) is 1. The molecule has 0 unspecified atom stereocenters. The summed E-state index contributed by atoms with van der Waals surface area (Å²) in [5.41, 5.74) is 0.988. The third kappa shape index (κ3) is 4.41. The minimum atomic E-state index is -4.69. The van der Waals surface area contributed by atoms with E-state index < -0.39 is 17.8 Å². The zero-order valence-electron chi connectivity index (χ0n) is 18.8. The Balaban J connectivity index is 2.01. The number of nitrogens with zero attached hydrogens (tertiary/aromatic N) is 4. The molecule has 3 heterocycles. The van der Waals surface area contributed by atoms with Crippen molar-refractivity contribution in [2.45, 2.75) is 26.6 Å². The fourth-order valence-electron chi connectivity index (χ4n) is 4.38. The van der Waals surface area contributed by atoms with Crippen LogP contribution in [-0.2, 0) is 17.5 Å². The molecular formula is C25H23F3N4O2. The van der Waals surface area contributed by atoms with Crippen molar-refractivity contribution in [2.75, 3.05) is 26.3 Å². The predicted molar refractivity (Wildman–Crippen MR) is 119 cm³/mol. The third-order valence-corrected chi connectivity index (χ3v) is 5.95. The van der Waals surface area contributed by atoms with E-state index in [1.54, 1.807) is 37.3 Å². The zero-order chi connectivity index (χ0) is 24.5. The molecule has 1 fully saturated rings. The Hall–Kier alpha value is -3.64. The summed E-state index contributed by atoms with van der Waals surface area (Å²) < 4.78 is 49.7. The number of rotatable bonds is 4. The number of aryl methyl sites for hydroxylation is 1. The molecule has 4 rings (SSSR count). The molecule has 1 saturated heterocycles. The number of amides is 1. The second-order valence-electron chi connectivity index (χ2n) is 8.17. The van der Waals surface area contributed by atoms with Crippen LogP contribution in [0, 0.1) is 25.2 Å². The Labute approximate surface area is 195 Å². The maximum Gasteiger partial charge on any atom is 0.431 e. The van der Waals surface area contributed by atoms with E-state index in [0.29, 0.717) is 43.0 Å². The van der Waals surface area contributed by atoms with Gasteiger partial charge in [0.25, 0.3) is 5.91 Å². The van der Waals surface area contributed by atoms with Gasteiger partial charge in [0, 0.05) is 37.0 Å². The standard InChI is InChI=1S/C25H23F3N4O2/c1-16-12-19(13-29)30-14-20(16)21-17(2)23(25(26,27)28)32(15-18-6-4-3-5-7-18)22(21)24(33)31-8-10-34-11-9-31/h3-7,12,14H,8-11,15H2,1-2H3. The van der Waals surface area contributed by atoms with Crippen molar-refractivity contribution in [1.29, 1.82) is 5.26 Å². The summed E-state index contributed by atoms with van der Waals surface area (Å²) in [6, 6.07) is 12.2. The maximum atomic E-state index is 14.4. The van der Waals surface area contributed by atoms with E-state index in [1.807, 2.05) is 6.07 Å². The van der Waals surface area contributed by atoms with Gasteiger partial charge in [-0.05, 0) is 36.6 Å². The van der Waals surface area contributed by atoms with Crippen LogP contribution >= 0.6 is 0 Å². The Bertz CT molecular complexity index is 1250. The molecular weight excluding hydrogens is 445 g/mol. The number of alkyl halides is 3. The van der Waals surface area contributed by atoms with Gasteiger partial charge in [-0.3, -0.25) is 4.79 Å². The lowest BCUT2D eigenvalue weighted by atomic mass is 9.97. The molecule has 9 heteroatoms. The Morgan fingerprint density at radius 2 is 1.85 bits per heavy atom. The average molecular weight is 468 g/mol. The van der Waals surface area contributed by atoms with E-state index >= 15 is 0 Å². The summed E-state index contributed by atoms with van der Waals surface area (Å²) in [6.07, 6.45) is -3.32. The highest BCUT2D eigenvalue weighted by Gasteiger charge is 2.42. The second-order valence-corrected chi connectivity index (χ2v) is 8.17. The Morgan fingerprint density at radius 1 is 1.18 bits per heavy atom. The first kappa shape index (κ1) is 23.5. The number of hydrogen-bond donors (Lipinski definition) is 0. The molecule has 34 heavy (non-hydrogen) atoms. The molecule has 2 aromatic heterocycles. The van der Waals surface area contributed by atoms with Crippen LogP contribution in [0.4, 0.5) is 13.2 Å². The van der Waals surface area contributed by atoms with E-state index in [2.05, 4.69) is 4.98 Å². The van der Waals surface area contributed by atoms with Crippen molar-refractivity contribution in [3.8, 4) is 17.2 Å². The summed E-state index contributed by atoms with van der Waals surface area (Å²) in [5, 5.41) is 9.17. The number of halogens is 3. The van der Waals surface area contributed by atoms with Crippen molar-refractivity contribution in [3.05, 3.63) is 76.4 Å². The zero-order valence-corrected chi connectivity index (χ0v) is 18.8. The highest BCUT2D eigenvalue weighted by atomic mass is 19.4. The minimum Gasteiger partial charge on any atom is -0.378 e. The van der Waals surface area contributed by atoms with Gasteiger partial charge in [-0.15, -0.1) is 0 Å². The van der Waals surface area contributed by atoms with Gasteiger partial charge in [-0.2, -0.15) is 18.4 Å². The van der Waals surface area contributed by atoms with E-state index in [4.69, 9.17) is 4.74 Å². The van der Waals surface area contributed by atoms with E-state index in [-0.39, 0.29) is 29.1 Å². The summed E-state index contributed by atoms with van der Waals surface area (Å²) in [6.45, 7) is 4.19. The number of hydrogen-bond acceptors (Lipinski definition) is 4. The van der Waals surface area contributed by atoms with Crippen molar-refractivity contribution >= 4 is 5.91 Å². The molecule has 1 aromatic carbocycles. The van der Waals surface area contributed by atoms with Crippen LogP contribution in [0.15, 0.2) is 42.6 Å². The second kappa shape index (κ2) is 9.31. The largest absolute Gasteiger partial charge is 0.431 e. The molecule has 0 saturated carbocycles. The van der Waals surface area contributed by atoms with Gasteiger partial charge in [0.1, 0.15) is 23.2 Å². The van der Waals surface area contributed by atoms with E-state index in [0.717, 1.165) is 4.57 Å². The SMILES string of the molecule is Cc1cc(C#N)ncc1-c1c(C)c(C(F)(F)F)n(Cc2ccccc2)c1C(=O)N1CCOCC1. The number of pyridine rings is 1. The molecule has 0 N–H and O–H groups in total. The highest BCUT2D eigenvalue weighted by Crippen LogP contribution is 2.42. The van der Waals surface area contributed by atoms with Gasteiger partial charge in [0.2, 0.25) is 0 Å². The topological polar surface area (TPSA) is 71.2 Å². The first-order valence-corrected chi connectivity index (χ1v) is 10.8. The molecule has 6 nitrogen and oxygen atoms in total. The number of benzene rings is 1. The van der Waals surface area contributed by atoms with Gasteiger partial charge >= 0.3 is 6.18 Å². The molecule has 3 aromatic rings. The van der Waals surface area contributed by atoms with Crippen molar-refractivity contribution in [1.82, 2.24) is 14.5 Å². The van der Waals surface area contributed by atoms with E-state index in [9.17, 15) is 23.2 Å². The summed E-state index contributed by atoms with van der Waals surface area (Å²) in [7, 11) is 0. The van der Waals surface area contributed by atoms with Crippen molar-refractivity contribution in [3.63, 3.8) is 0 Å². The minimum absolute atomic E-state index is 0.0369. The molecule has 1 aliphatic heterocycles. The lowest BCUT2D eigenvalue weighted by Gasteiger charge is -2.28. The van der Waals surface area contributed by atoms with Gasteiger partial charge < -0.3 is 14.2 Å². The Morgan fingerprint density at radius 3 is 2.44 bits per heavy atom. The quantitative estimate of drug-likeness (QED) is 0.562. The Kier molecular flexibility index (Phi) is 6.44. The number of morpholine rings is 1. The predicted octanol–water partition coefficient (Wildman–Crippen LogP) is 4.58. The molecule has 0 radical (unpaired) electrons. The lowest BCUT2D eigenvalue weighted by Crippen LogP contribution is -2.41. The molecule has 176 valence electrons. The molecule has 0 spiro atoms. The van der Waals surface area contributed by atoms with E-state index in [1.165, 1.54) is 24.1 Å². The maximum absolute atomic E-state index is 14.4. The first-order chi connectivity index (χ1) is 16.2. The van der Waals surface area contributed by atoms with Crippen LogP contribution in [0.25, 0.3) is 11.1 Å². The van der Waals surface area contributed by atoms with Gasteiger partial charge in [0.15, 0.2) is 0 Å². The highest BCUT2D eigenvalue weighted by molar-refractivity contribution is 6.01. The van der Waals surface area contributed by atoms with Gasteiger partial charge in [0.05, 0.1) is 13.2 Å². The summed E-state index contributed by atoms with van der Waals surface area (Å²) in [4.78, 5) is 19.3. The fourth-order valence-corrected chi connectivity index (χ4v) is 4.38. The van der Waals surface area contributed by atoms with Crippen LogP contribution in [0.2, 0.25) is 0 Å². The molecule has 0 aliphatic carbocycles. The lowest BCUT2D eigenvalue weighted by molar-refractivity contribution is -0.143. The van der Waals surface area contributed by atoms with Crippen LogP contribution in [0.1, 0.15) is 38.6 Å². The van der Waals surface area contributed by atoms with Crippen LogP contribution in [0.5, 0.6) is 0 Å². The van der Waals surface area contributed by atoms with Crippen LogP contribution in [-0.4, -0.2) is 46.7 Å². The van der Waals surface area contributed by atoms with Crippen LogP contribution < -0.4 is 0 Å².